The Hall–Kier alpha value is -0.350. The Balaban J connectivity index is 4.44. The maximum absolute atomic E-state index is 10.9. The molecule has 11 heavy (non-hydrogen) atoms. The molecule has 0 heterocycles. The molecule has 0 amide bonds. The molecule has 0 bridgehead atoms. The predicted molar refractivity (Wildman–Crippen MR) is 44.4 cm³/mol. The van der Waals surface area contributed by atoms with E-state index < -0.39 is 16.5 Å². The minimum atomic E-state index is -1.80. The molecule has 0 aromatic rings. The molecule has 4 heteroatoms. The Bertz CT molecular complexity index is 157. The molecule has 0 fully saturated rings. The van der Waals surface area contributed by atoms with Crippen molar-refractivity contribution in [1.29, 1.82) is 0 Å². The second-order valence-corrected chi connectivity index (χ2v) is 3.12. The quantitative estimate of drug-likeness (QED) is 0.640. The number of thioether (sulfide) groups is 1. The van der Waals surface area contributed by atoms with Crippen molar-refractivity contribution in [3.63, 3.8) is 0 Å². The Morgan fingerprint density at radius 3 is 2.27 bits per heavy atom. The first-order chi connectivity index (χ1) is 4.96. The highest BCUT2D eigenvalue weighted by Crippen LogP contribution is 2.15. The molecule has 0 spiro atoms. The van der Waals surface area contributed by atoms with Gasteiger partial charge in [-0.25, -0.2) is 0 Å². The van der Waals surface area contributed by atoms with E-state index in [1.54, 1.807) is 13.2 Å². The van der Waals surface area contributed by atoms with Gasteiger partial charge in [-0.1, -0.05) is 18.7 Å². The molecule has 0 aromatic heterocycles. The number of hydrogen-bond donors (Lipinski definition) is 1. The number of aliphatic hydroxyl groups is 1. The van der Waals surface area contributed by atoms with E-state index >= 15 is 0 Å². The zero-order valence-electron chi connectivity index (χ0n) is 6.88. The fourth-order valence-electron chi connectivity index (χ4n) is 0.657. The minimum absolute atomic E-state index is 0.180. The molecule has 1 atom stereocenters. The van der Waals surface area contributed by atoms with Gasteiger partial charge in [0.2, 0.25) is 5.12 Å². The van der Waals surface area contributed by atoms with Crippen molar-refractivity contribution in [2.24, 2.45) is 0 Å². The molecule has 0 saturated heterocycles. The van der Waals surface area contributed by atoms with Crippen molar-refractivity contribution in [3.8, 4) is 0 Å². The van der Waals surface area contributed by atoms with E-state index in [0.717, 1.165) is 11.8 Å². The van der Waals surface area contributed by atoms with Gasteiger partial charge in [-0.05, 0) is 13.2 Å². The van der Waals surface area contributed by atoms with Gasteiger partial charge in [-0.3, -0.25) is 9.59 Å². The van der Waals surface area contributed by atoms with Gasteiger partial charge in [0, 0.05) is 6.42 Å². The third kappa shape index (κ3) is 2.31. The number of hydrogen-bond acceptors (Lipinski definition) is 4. The molecule has 0 aliphatic carbocycles. The summed E-state index contributed by atoms with van der Waals surface area (Å²) >= 11 is 0.866. The summed E-state index contributed by atoms with van der Waals surface area (Å²) in [7, 11) is 0. The lowest BCUT2D eigenvalue weighted by atomic mass is 10.0. The zero-order valence-corrected chi connectivity index (χ0v) is 7.70. The third-order valence-corrected chi connectivity index (χ3v) is 2.22. The van der Waals surface area contributed by atoms with Gasteiger partial charge in [0.05, 0.1) is 0 Å². The minimum Gasteiger partial charge on any atom is -0.374 e. The number of rotatable bonds is 3. The Morgan fingerprint density at radius 1 is 1.55 bits per heavy atom. The summed E-state index contributed by atoms with van der Waals surface area (Å²) in [5.41, 5.74) is -1.80. The van der Waals surface area contributed by atoms with Crippen molar-refractivity contribution < 1.29 is 14.7 Å². The van der Waals surface area contributed by atoms with Crippen molar-refractivity contribution in [2.75, 3.05) is 6.26 Å². The highest BCUT2D eigenvalue weighted by atomic mass is 32.2. The first-order valence-electron chi connectivity index (χ1n) is 3.30. The fourth-order valence-corrected chi connectivity index (χ4v) is 1.17. The van der Waals surface area contributed by atoms with Crippen LogP contribution in [0.1, 0.15) is 20.3 Å². The summed E-state index contributed by atoms with van der Waals surface area (Å²) in [5.74, 6) is -0.433. The van der Waals surface area contributed by atoms with E-state index in [4.69, 9.17) is 0 Å². The van der Waals surface area contributed by atoms with Crippen molar-refractivity contribution in [3.05, 3.63) is 0 Å². The lowest BCUT2D eigenvalue weighted by Gasteiger charge is -2.17. The molecule has 0 saturated carbocycles. The number of Topliss-reactive ketones (excluding diaryl/α,β-unsaturated/α-hetero) is 1. The first kappa shape index (κ1) is 10.7. The maximum atomic E-state index is 10.9. The van der Waals surface area contributed by atoms with E-state index in [1.165, 1.54) is 6.92 Å². The van der Waals surface area contributed by atoms with Crippen molar-refractivity contribution >= 4 is 22.7 Å². The average Bonchev–Trinajstić information content (AvgIpc) is 2.01. The topological polar surface area (TPSA) is 54.4 Å². The second kappa shape index (κ2) is 3.88. The molecule has 3 nitrogen and oxygen atoms in total. The molecule has 0 rings (SSSR count). The summed E-state index contributed by atoms with van der Waals surface area (Å²) in [6.07, 6.45) is 1.72. The molecule has 0 radical (unpaired) electrons. The predicted octanol–water partition coefficient (Wildman–Crippen LogP) is 0.606. The zero-order chi connectivity index (χ0) is 9.07. The van der Waals surface area contributed by atoms with Crippen LogP contribution >= 0.6 is 11.8 Å². The van der Waals surface area contributed by atoms with Gasteiger partial charge in [0.15, 0.2) is 11.4 Å². The molecular formula is C7H12O3S. The average molecular weight is 176 g/mol. The Morgan fingerprint density at radius 2 is 2.00 bits per heavy atom. The smallest absolute Gasteiger partial charge is 0.227 e. The van der Waals surface area contributed by atoms with Crippen LogP contribution in [0, 0.1) is 0 Å². The molecule has 1 unspecified atom stereocenters. The van der Waals surface area contributed by atoms with Gasteiger partial charge in [-0.15, -0.1) is 0 Å². The van der Waals surface area contributed by atoms with Crippen LogP contribution in [0.5, 0.6) is 0 Å². The van der Waals surface area contributed by atoms with Crippen LogP contribution in [-0.4, -0.2) is 27.9 Å². The summed E-state index contributed by atoms with van der Waals surface area (Å²) in [6.45, 7) is 2.85. The monoisotopic (exact) mass is 176 g/mol. The number of carbonyl (C=O) groups excluding carboxylic acids is 2. The molecule has 64 valence electrons. The maximum Gasteiger partial charge on any atom is 0.227 e. The van der Waals surface area contributed by atoms with Crippen LogP contribution in [0.4, 0.5) is 0 Å². The molecule has 1 N–H and O–H groups in total. The normalized spacial score (nSPS) is 15.6. The SMILES string of the molecule is CCC(=O)C(C)(O)C(=O)SC. The van der Waals surface area contributed by atoms with Crippen LogP contribution in [0.3, 0.4) is 0 Å². The van der Waals surface area contributed by atoms with Gasteiger partial charge < -0.3 is 5.11 Å². The van der Waals surface area contributed by atoms with E-state index in [9.17, 15) is 14.7 Å². The van der Waals surface area contributed by atoms with Crippen molar-refractivity contribution in [2.45, 2.75) is 25.9 Å². The molecule has 0 aliphatic heterocycles. The Labute approximate surface area is 70.2 Å². The number of carbonyl (C=O) groups is 2. The van der Waals surface area contributed by atoms with Crippen LogP contribution < -0.4 is 0 Å². The summed E-state index contributed by atoms with van der Waals surface area (Å²) in [6, 6.07) is 0. The van der Waals surface area contributed by atoms with Crippen LogP contribution in [0.2, 0.25) is 0 Å². The van der Waals surface area contributed by atoms with Crippen LogP contribution in [-0.2, 0) is 9.59 Å². The van der Waals surface area contributed by atoms with E-state index in [0.29, 0.717) is 0 Å². The number of ketones is 1. The lowest BCUT2D eigenvalue weighted by Crippen LogP contribution is -2.41. The highest BCUT2D eigenvalue weighted by Gasteiger charge is 2.36. The van der Waals surface area contributed by atoms with Gasteiger partial charge in [0.25, 0.3) is 0 Å². The van der Waals surface area contributed by atoms with Gasteiger partial charge >= 0.3 is 0 Å². The summed E-state index contributed by atoms with van der Waals surface area (Å²) in [5, 5.41) is 8.84. The highest BCUT2D eigenvalue weighted by molar-refractivity contribution is 8.13. The standard InChI is InChI=1S/C7H12O3S/c1-4-5(8)7(2,10)6(9)11-3/h10H,4H2,1-3H3. The molecule has 0 aromatic carbocycles. The first-order valence-corrected chi connectivity index (χ1v) is 4.53. The van der Waals surface area contributed by atoms with E-state index in [-0.39, 0.29) is 6.42 Å². The summed E-state index contributed by atoms with van der Waals surface area (Å²) < 4.78 is 0. The largest absolute Gasteiger partial charge is 0.374 e. The van der Waals surface area contributed by atoms with E-state index in [1.807, 2.05) is 0 Å². The fraction of sp³-hybridized carbons (Fsp3) is 0.714. The van der Waals surface area contributed by atoms with Crippen LogP contribution in [0.15, 0.2) is 0 Å². The van der Waals surface area contributed by atoms with Crippen LogP contribution in [0.25, 0.3) is 0 Å². The lowest BCUT2D eigenvalue weighted by molar-refractivity contribution is -0.143. The third-order valence-electron chi connectivity index (χ3n) is 1.45. The second-order valence-electron chi connectivity index (χ2n) is 2.34. The van der Waals surface area contributed by atoms with Crippen molar-refractivity contribution in [1.82, 2.24) is 0 Å². The van der Waals surface area contributed by atoms with E-state index in [2.05, 4.69) is 0 Å². The molecule has 0 aliphatic rings. The van der Waals surface area contributed by atoms with Gasteiger partial charge in [0.1, 0.15) is 0 Å². The van der Waals surface area contributed by atoms with Gasteiger partial charge in [-0.2, -0.15) is 0 Å². The summed E-state index contributed by atoms with van der Waals surface area (Å²) in [4.78, 5) is 21.9. The Kier molecular flexibility index (Phi) is 3.75. The molecular weight excluding hydrogens is 164 g/mol.